The molecular formula is C21H32N4O. The first-order chi connectivity index (χ1) is 12.5. The maximum atomic E-state index is 5.30. The summed E-state index contributed by atoms with van der Waals surface area (Å²) in [6, 6.07) is 8.92. The summed E-state index contributed by atoms with van der Waals surface area (Å²) in [5.74, 6) is 0.913. The number of nitrogens with one attached hydrogen (secondary N) is 1. The van der Waals surface area contributed by atoms with Gasteiger partial charge in [0.2, 0.25) is 0 Å². The molecule has 0 amide bonds. The molecule has 1 unspecified atom stereocenters. The molecule has 1 aliphatic rings. The third-order valence-corrected chi connectivity index (χ3v) is 5.07. The van der Waals surface area contributed by atoms with Crippen molar-refractivity contribution in [2.75, 3.05) is 26.7 Å². The molecule has 0 aliphatic carbocycles. The second kappa shape index (κ2) is 8.23. The van der Waals surface area contributed by atoms with Gasteiger partial charge < -0.3 is 10.1 Å². The summed E-state index contributed by atoms with van der Waals surface area (Å²) in [6.45, 7) is 10.7. The van der Waals surface area contributed by atoms with Gasteiger partial charge in [0.05, 0.1) is 18.8 Å². The van der Waals surface area contributed by atoms with Gasteiger partial charge in [0.25, 0.3) is 0 Å². The fourth-order valence-electron chi connectivity index (χ4n) is 3.51. The molecule has 0 saturated carbocycles. The third-order valence-electron chi connectivity index (χ3n) is 5.07. The second-order valence-corrected chi connectivity index (χ2v) is 8.13. The van der Waals surface area contributed by atoms with E-state index in [2.05, 4.69) is 66.5 Å². The van der Waals surface area contributed by atoms with Gasteiger partial charge in [-0.3, -0.25) is 9.58 Å². The standard InChI is InChI=1S/C21H32N4O/c1-21(2,3)25-16-17(14-23-25)13-22-15-20(24-11-5-6-12-24)18-7-9-19(26-4)10-8-18/h7-10,14,16,20,22H,5-6,11-13,15H2,1-4H3. The molecule has 1 atom stereocenters. The Morgan fingerprint density at radius 2 is 1.85 bits per heavy atom. The van der Waals surface area contributed by atoms with Gasteiger partial charge in [-0.15, -0.1) is 0 Å². The zero-order valence-electron chi connectivity index (χ0n) is 16.5. The molecule has 1 aliphatic heterocycles. The zero-order chi connectivity index (χ0) is 18.6. The van der Waals surface area contributed by atoms with Crippen LogP contribution in [0.3, 0.4) is 0 Å². The first-order valence-electron chi connectivity index (χ1n) is 9.60. The summed E-state index contributed by atoms with van der Waals surface area (Å²) in [7, 11) is 1.71. The Hall–Kier alpha value is -1.85. The fraction of sp³-hybridized carbons (Fsp3) is 0.571. The van der Waals surface area contributed by atoms with Crippen LogP contribution in [-0.2, 0) is 12.1 Å². The average molecular weight is 357 g/mol. The van der Waals surface area contributed by atoms with E-state index in [0.29, 0.717) is 6.04 Å². The number of rotatable bonds is 7. The van der Waals surface area contributed by atoms with Gasteiger partial charge in [-0.05, 0) is 64.4 Å². The molecule has 3 rings (SSSR count). The van der Waals surface area contributed by atoms with E-state index in [1.165, 1.54) is 37.1 Å². The van der Waals surface area contributed by atoms with E-state index in [1.54, 1.807) is 7.11 Å². The predicted octanol–water partition coefficient (Wildman–Crippen LogP) is 3.57. The number of likely N-dealkylation sites (tertiary alicyclic amines) is 1. The molecule has 2 aromatic rings. The van der Waals surface area contributed by atoms with E-state index in [1.807, 2.05) is 10.9 Å². The normalized spacial score (nSPS) is 16.8. The van der Waals surface area contributed by atoms with Crippen molar-refractivity contribution in [1.82, 2.24) is 20.0 Å². The smallest absolute Gasteiger partial charge is 0.118 e. The quantitative estimate of drug-likeness (QED) is 0.823. The monoisotopic (exact) mass is 356 g/mol. The minimum Gasteiger partial charge on any atom is -0.497 e. The molecular weight excluding hydrogens is 324 g/mol. The predicted molar refractivity (Wildman–Crippen MR) is 105 cm³/mol. The van der Waals surface area contributed by atoms with Crippen LogP contribution >= 0.6 is 0 Å². The molecule has 5 heteroatoms. The van der Waals surface area contributed by atoms with E-state index >= 15 is 0 Å². The van der Waals surface area contributed by atoms with Gasteiger partial charge in [-0.1, -0.05) is 12.1 Å². The number of hydrogen-bond acceptors (Lipinski definition) is 4. The summed E-state index contributed by atoms with van der Waals surface area (Å²) in [5.41, 5.74) is 2.61. The Labute approximate surface area is 157 Å². The number of benzene rings is 1. The largest absolute Gasteiger partial charge is 0.497 e. The van der Waals surface area contributed by atoms with Crippen molar-refractivity contribution >= 4 is 0 Å². The fourth-order valence-corrected chi connectivity index (χ4v) is 3.51. The number of aromatic nitrogens is 2. The highest BCUT2D eigenvalue weighted by Gasteiger charge is 2.23. The highest BCUT2D eigenvalue weighted by atomic mass is 16.5. The average Bonchev–Trinajstić information content (AvgIpc) is 3.30. The van der Waals surface area contributed by atoms with Crippen LogP contribution in [0.25, 0.3) is 0 Å². The van der Waals surface area contributed by atoms with Crippen molar-refractivity contribution in [3.8, 4) is 5.75 Å². The van der Waals surface area contributed by atoms with Gasteiger partial charge in [0.1, 0.15) is 5.75 Å². The number of nitrogens with zero attached hydrogens (tertiary/aromatic N) is 3. The highest BCUT2D eigenvalue weighted by molar-refractivity contribution is 5.29. The minimum atomic E-state index is 0.0272. The van der Waals surface area contributed by atoms with E-state index < -0.39 is 0 Å². The Kier molecular flexibility index (Phi) is 5.99. The van der Waals surface area contributed by atoms with Crippen molar-refractivity contribution < 1.29 is 4.74 Å². The number of hydrogen-bond donors (Lipinski definition) is 1. The summed E-state index contributed by atoms with van der Waals surface area (Å²) in [4.78, 5) is 2.59. The SMILES string of the molecule is COc1ccc(C(CNCc2cnn(C(C)(C)C)c2)N2CCCC2)cc1. The summed E-state index contributed by atoms with van der Waals surface area (Å²) in [6.07, 6.45) is 6.71. The van der Waals surface area contributed by atoms with Gasteiger partial charge in [-0.25, -0.2) is 0 Å². The van der Waals surface area contributed by atoms with Crippen molar-refractivity contribution in [2.24, 2.45) is 0 Å². The van der Waals surface area contributed by atoms with Crippen LogP contribution < -0.4 is 10.1 Å². The minimum absolute atomic E-state index is 0.0272. The van der Waals surface area contributed by atoms with Crippen molar-refractivity contribution in [2.45, 2.75) is 51.7 Å². The van der Waals surface area contributed by atoms with E-state index in [-0.39, 0.29) is 5.54 Å². The molecule has 2 heterocycles. The first-order valence-corrected chi connectivity index (χ1v) is 9.60. The Morgan fingerprint density at radius 1 is 1.15 bits per heavy atom. The number of ether oxygens (including phenoxy) is 1. The lowest BCUT2D eigenvalue weighted by molar-refractivity contribution is 0.238. The van der Waals surface area contributed by atoms with Crippen LogP contribution in [0.5, 0.6) is 5.75 Å². The topological polar surface area (TPSA) is 42.3 Å². The molecule has 0 radical (unpaired) electrons. The van der Waals surface area contributed by atoms with Crippen LogP contribution in [0.15, 0.2) is 36.7 Å². The summed E-state index contributed by atoms with van der Waals surface area (Å²) >= 11 is 0. The van der Waals surface area contributed by atoms with Crippen molar-refractivity contribution in [3.05, 3.63) is 47.8 Å². The van der Waals surface area contributed by atoms with E-state index in [9.17, 15) is 0 Å². The molecule has 0 bridgehead atoms. The van der Waals surface area contributed by atoms with Gasteiger partial charge >= 0.3 is 0 Å². The first kappa shape index (κ1) is 18.9. The van der Waals surface area contributed by atoms with Gasteiger partial charge in [0.15, 0.2) is 0 Å². The van der Waals surface area contributed by atoms with E-state index in [0.717, 1.165) is 18.8 Å². The zero-order valence-corrected chi connectivity index (χ0v) is 16.5. The van der Waals surface area contributed by atoms with Gasteiger partial charge in [-0.2, -0.15) is 5.10 Å². The molecule has 1 fully saturated rings. The van der Waals surface area contributed by atoms with Crippen LogP contribution in [0.4, 0.5) is 0 Å². The lowest BCUT2D eigenvalue weighted by Crippen LogP contribution is -2.34. The Bertz CT molecular complexity index is 681. The molecule has 5 nitrogen and oxygen atoms in total. The van der Waals surface area contributed by atoms with Crippen LogP contribution in [-0.4, -0.2) is 41.4 Å². The highest BCUT2D eigenvalue weighted by Crippen LogP contribution is 2.26. The lowest BCUT2D eigenvalue weighted by Gasteiger charge is -2.28. The summed E-state index contributed by atoms with van der Waals surface area (Å²) < 4.78 is 7.34. The van der Waals surface area contributed by atoms with Crippen LogP contribution in [0.1, 0.15) is 50.8 Å². The molecule has 0 spiro atoms. The molecule has 142 valence electrons. The molecule has 1 aromatic carbocycles. The van der Waals surface area contributed by atoms with Crippen molar-refractivity contribution in [1.29, 1.82) is 0 Å². The maximum Gasteiger partial charge on any atom is 0.118 e. The van der Waals surface area contributed by atoms with Gasteiger partial charge in [0, 0.05) is 30.9 Å². The molecule has 1 N–H and O–H groups in total. The molecule has 1 saturated heterocycles. The number of methoxy groups -OCH3 is 1. The summed E-state index contributed by atoms with van der Waals surface area (Å²) in [5, 5.41) is 8.14. The Morgan fingerprint density at radius 3 is 2.42 bits per heavy atom. The molecule has 26 heavy (non-hydrogen) atoms. The third kappa shape index (κ3) is 4.65. The van der Waals surface area contributed by atoms with E-state index in [4.69, 9.17) is 4.74 Å². The Balaban J connectivity index is 1.63. The maximum absolute atomic E-state index is 5.30. The second-order valence-electron chi connectivity index (χ2n) is 8.13. The lowest BCUT2D eigenvalue weighted by atomic mass is 10.1. The van der Waals surface area contributed by atoms with Crippen LogP contribution in [0, 0.1) is 0 Å². The van der Waals surface area contributed by atoms with Crippen molar-refractivity contribution in [3.63, 3.8) is 0 Å². The molecule has 1 aromatic heterocycles. The van der Waals surface area contributed by atoms with Crippen LogP contribution in [0.2, 0.25) is 0 Å².